The minimum absolute atomic E-state index is 0.0196. The van der Waals surface area contributed by atoms with Gasteiger partial charge in [-0.25, -0.2) is 13.8 Å². The molecule has 0 fully saturated rings. The van der Waals surface area contributed by atoms with Gasteiger partial charge < -0.3 is 20.5 Å². The lowest BCUT2D eigenvalue weighted by atomic mass is 10.1. The predicted molar refractivity (Wildman–Crippen MR) is 103 cm³/mol. The predicted octanol–water partition coefficient (Wildman–Crippen LogP) is 3.61. The fourth-order valence-corrected chi connectivity index (χ4v) is 3.13. The number of fused-ring (bicyclic) bond motifs is 1. The largest absolute Gasteiger partial charge is 0.446 e. The first-order valence-electron chi connectivity index (χ1n) is 8.99. The normalized spacial score (nSPS) is 12.2. The number of aromatic nitrogens is 2. The summed E-state index contributed by atoms with van der Waals surface area (Å²) in [5.74, 6) is -1.53. The maximum atomic E-state index is 13.7. The standard InChI is InChI=1S/C21H18F2N4O2/c22-14-5-6-16(23)13(7-14)10-26-20(28)19-11-29-21(27-19)17(24)8-12-9-25-18-4-2-1-3-15(12)18/h1-7,9,11,17,25H,8,10,24H2,(H,26,28). The molecule has 148 valence electrons. The van der Waals surface area contributed by atoms with Crippen LogP contribution in [0.4, 0.5) is 8.78 Å². The van der Waals surface area contributed by atoms with Crippen molar-refractivity contribution < 1.29 is 18.0 Å². The number of hydrogen-bond donors (Lipinski definition) is 3. The van der Waals surface area contributed by atoms with Gasteiger partial charge in [-0.1, -0.05) is 18.2 Å². The summed E-state index contributed by atoms with van der Waals surface area (Å²) < 4.78 is 32.2. The molecule has 1 atom stereocenters. The van der Waals surface area contributed by atoms with E-state index in [2.05, 4.69) is 15.3 Å². The number of H-pyrrole nitrogens is 1. The van der Waals surface area contributed by atoms with Gasteiger partial charge in [0.05, 0.1) is 6.04 Å². The minimum atomic E-state index is -0.603. The third-order valence-corrected chi connectivity index (χ3v) is 4.63. The van der Waals surface area contributed by atoms with Crippen LogP contribution in [0.3, 0.4) is 0 Å². The Balaban J connectivity index is 1.42. The molecule has 1 amide bonds. The summed E-state index contributed by atoms with van der Waals surface area (Å²) >= 11 is 0. The van der Waals surface area contributed by atoms with Crippen molar-refractivity contribution in [1.82, 2.24) is 15.3 Å². The van der Waals surface area contributed by atoms with E-state index in [9.17, 15) is 13.6 Å². The molecule has 4 N–H and O–H groups in total. The molecule has 0 aliphatic carbocycles. The molecule has 0 aliphatic heterocycles. The van der Waals surface area contributed by atoms with E-state index in [0.717, 1.165) is 34.7 Å². The number of benzene rings is 2. The second-order valence-corrected chi connectivity index (χ2v) is 6.66. The molecule has 0 bridgehead atoms. The van der Waals surface area contributed by atoms with E-state index in [-0.39, 0.29) is 23.7 Å². The molecular formula is C21H18F2N4O2. The number of hydrogen-bond acceptors (Lipinski definition) is 4. The third kappa shape index (κ3) is 4.02. The third-order valence-electron chi connectivity index (χ3n) is 4.63. The molecule has 29 heavy (non-hydrogen) atoms. The summed E-state index contributed by atoms with van der Waals surface area (Å²) in [5.41, 5.74) is 8.28. The van der Waals surface area contributed by atoms with Crippen LogP contribution in [-0.4, -0.2) is 15.9 Å². The van der Waals surface area contributed by atoms with Crippen molar-refractivity contribution in [2.75, 3.05) is 0 Å². The maximum Gasteiger partial charge on any atom is 0.273 e. The fourth-order valence-electron chi connectivity index (χ4n) is 3.13. The van der Waals surface area contributed by atoms with Crippen LogP contribution in [0.2, 0.25) is 0 Å². The van der Waals surface area contributed by atoms with Gasteiger partial charge in [0.25, 0.3) is 5.91 Å². The maximum absolute atomic E-state index is 13.7. The molecule has 0 saturated heterocycles. The zero-order valence-corrected chi connectivity index (χ0v) is 15.3. The van der Waals surface area contributed by atoms with E-state index in [1.54, 1.807) is 0 Å². The quantitative estimate of drug-likeness (QED) is 0.464. The van der Waals surface area contributed by atoms with Gasteiger partial charge in [0.2, 0.25) is 5.89 Å². The summed E-state index contributed by atoms with van der Waals surface area (Å²) in [5, 5.41) is 3.55. The van der Waals surface area contributed by atoms with Crippen molar-refractivity contribution in [3.05, 3.63) is 89.3 Å². The molecule has 6 nitrogen and oxygen atoms in total. The van der Waals surface area contributed by atoms with E-state index >= 15 is 0 Å². The summed E-state index contributed by atoms with van der Waals surface area (Å²) in [6.07, 6.45) is 3.55. The Morgan fingerprint density at radius 3 is 2.90 bits per heavy atom. The topological polar surface area (TPSA) is 96.9 Å². The van der Waals surface area contributed by atoms with Gasteiger partial charge in [0, 0.05) is 29.2 Å². The lowest BCUT2D eigenvalue weighted by Crippen LogP contribution is -2.24. The number of nitrogens with zero attached hydrogens (tertiary/aromatic N) is 1. The van der Waals surface area contributed by atoms with Gasteiger partial charge in [0.1, 0.15) is 17.9 Å². The molecule has 4 aromatic rings. The number of aromatic amines is 1. The zero-order valence-electron chi connectivity index (χ0n) is 15.3. The van der Waals surface area contributed by atoms with Crippen LogP contribution < -0.4 is 11.1 Å². The molecule has 2 heterocycles. The Hall–Kier alpha value is -3.52. The number of amides is 1. The molecule has 4 rings (SSSR count). The van der Waals surface area contributed by atoms with Gasteiger partial charge in [-0.2, -0.15) is 0 Å². The average Bonchev–Trinajstić information content (AvgIpc) is 3.36. The van der Waals surface area contributed by atoms with Crippen LogP contribution in [0, 0.1) is 11.6 Å². The Kier molecular flexibility index (Phi) is 5.09. The number of rotatable bonds is 6. The van der Waals surface area contributed by atoms with Crippen LogP contribution >= 0.6 is 0 Å². The number of nitrogens with two attached hydrogens (primary N) is 1. The van der Waals surface area contributed by atoms with Gasteiger partial charge in [-0.05, 0) is 36.2 Å². The molecule has 0 radical (unpaired) electrons. The van der Waals surface area contributed by atoms with Crippen LogP contribution in [0.15, 0.2) is 59.3 Å². The van der Waals surface area contributed by atoms with Gasteiger partial charge in [-0.3, -0.25) is 4.79 Å². The Morgan fingerprint density at radius 1 is 1.21 bits per heavy atom. The first-order chi connectivity index (χ1) is 14.0. The van der Waals surface area contributed by atoms with Crippen LogP contribution in [-0.2, 0) is 13.0 Å². The second-order valence-electron chi connectivity index (χ2n) is 6.66. The monoisotopic (exact) mass is 396 g/mol. The highest BCUT2D eigenvalue weighted by Gasteiger charge is 2.19. The van der Waals surface area contributed by atoms with Gasteiger partial charge in [-0.15, -0.1) is 0 Å². The van der Waals surface area contributed by atoms with Crippen molar-refractivity contribution in [3.63, 3.8) is 0 Å². The van der Waals surface area contributed by atoms with Crippen LogP contribution in [0.5, 0.6) is 0 Å². The first-order valence-corrected chi connectivity index (χ1v) is 8.99. The summed E-state index contributed by atoms with van der Waals surface area (Å²) in [6, 6.07) is 10.4. The lowest BCUT2D eigenvalue weighted by molar-refractivity contribution is 0.0945. The van der Waals surface area contributed by atoms with E-state index in [4.69, 9.17) is 10.2 Å². The molecule has 2 aromatic heterocycles. The van der Waals surface area contributed by atoms with Gasteiger partial charge in [0.15, 0.2) is 5.69 Å². The van der Waals surface area contributed by atoms with Crippen molar-refractivity contribution in [1.29, 1.82) is 0 Å². The SMILES string of the molecule is NC(Cc1c[nH]c2ccccc12)c1nc(C(=O)NCc2cc(F)ccc2F)co1. The van der Waals surface area contributed by atoms with Gasteiger partial charge >= 0.3 is 0 Å². The molecule has 0 saturated carbocycles. The van der Waals surface area contributed by atoms with E-state index in [0.29, 0.717) is 6.42 Å². The van der Waals surface area contributed by atoms with Crippen molar-refractivity contribution in [3.8, 4) is 0 Å². The summed E-state index contributed by atoms with van der Waals surface area (Å²) in [6.45, 7) is -0.175. The Morgan fingerprint density at radius 2 is 2.03 bits per heavy atom. The molecule has 0 spiro atoms. The Bertz CT molecular complexity index is 1170. The van der Waals surface area contributed by atoms with Crippen LogP contribution in [0.25, 0.3) is 10.9 Å². The number of halogens is 2. The molecule has 2 aromatic carbocycles. The molecule has 1 unspecified atom stereocenters. The number of carbonyl (C=O) groups excluding carboxylic acids is 1. The second kappa shape index (κ2) is 7.84. The Labute approximate surface area is 164 Å². The number of nitrogens with one attached hydrogen (secondary N) is 2. The van der Waals surface area contributed by atoms with E-state index < -0.39 is 23.6 Å². The molecule has 0 aliphatic rings. The van der Waals surface area contributed by atoms with Crippen molar-refractivity contribution in [2.45, 2.75) is 19.0 Å². The number of carbonyl (C=O) groups is 1. The minimum Gasteiger partial charge on any atom is -0.446 e. The average molecular weight is 396 g/mol. The fraction of sp³-hybridized carbons (Fsp3) is 0.143. The summed E-state index contributed by atoms with van der Waals surface area (Å²) in [7, 11) is 0. The van der Waals surface area contributed by atoms with Crippen molar-refractivity contribution in [2.24, 2.45) is 5.73 Å². The highest BCUT2D eigenvalue weighted by Crippen LogP contribution is 2.23. The highest BCUT2D eigenvalue weighted by molar-refractivity contribution is 5.91. The van der Waals surface area contributed by atoms with E-state index in [1.165, 1.54) is 6.26 Å². The molecule has 8 heteroatoms. The first kappa shape index (κ1) is 18.8. The summed E-state index contributed by atoms with van der Waals surface area (Å²) in [4.78, 5) is 19.6. The van der Waals surface area contributed by atoms with Crippen molar-refractivity contribution >= 4 is 16.8 Å². The zero-order chi connectivity index (χ0) is 20.4. The lowest BCUT2D eigenvalue weighted by Gasteiger charge is -2.06. The molecular weight excluding hydrogens is 378 g/mol. The number of oxazole rings is 1. The van der Waals surface area contributed by atoms with E-state index in [1.807, 2.05) is 30.5 Å². The smallest absolute Gasteiger partial charge is 0.273 e. The van der Waals surface area contributed by atoms with Crippen LogP contribution in [0.1, 0.15) is 33.5 Å². The highest BCUT2D eigenvalue weighted by atomic mass is 19.1. The number of para-hydroxylation sites is 1.